The lowest BCUT2D eigenvalue weighted by Gasteiger charge is -2.19. The van der Waals surface area contributed by atoms with E-state index in [0.29, 0.717) is 31.5 Å². The molecule has 0 bridgehead atoms. The monoisotopic (exact) mass is 382 g/mol. The van der Waals surface area contributed by atoms with E-state index in [-0.39, 0.29) is 17.6 Å². The number of carbonyl (C=O) groups excluding carboxylic acids is 1. The van der Waals surface area contributed by atoms with Gasteiger partial charge in [-0.25, -0.2) is 4.39 Å². The number of nitrogens with zero attached hydrogens (tertiary/aromatic N) is 2. The van der Waals surface area contributed by atoms with Gasteiger partial charge in [0, 0.05) is 31.8 Å². The zero-order chi connectivity index (χ0) is 19.5. The predicted molar refractivity (Wildman–Crippen MR) is 104 cm³/mol. The first-order valence-corrected chi connectivity index (χ1v) is 9.51. The summed E-state index contributed by atoms with van der Waals surface area (Å²) in [6.45, 7) is 1.14. The van der Waals surface area contributed by atoms with E-state index in [1.807, 2.05) is 30.3 Å². The molecule has 2 aliphatic heterocycles. The van der Waals surface area contributed by atoms with E-state index >= 15 is 0 Å². The van der Waals surface area contributed by atoms with Crippen molar-refractivity contribution in [1.29, 1.82) is 0 Å². The Labute approximate surface area is 163 Å². The fourth-order valence-electron chi connectivity index (χ4n) is 3.87. The lowest BCUT2D eigenvalue weighted by atomic mass is 9.98. The highest BCUT2D eigenvalue weighted by molar-refractivity contribution is 5.94. The summed E-state index contributed by atoms with van der Waals surface area (Å²) < 4.78 is 19.2. The van der Waals surface area contributed by atoms with Gasteiger partial charge in [-0.15, -0.1) is 0 Å². The van der Waals surface area contributed by atoms with Crippen LogP contribution in [0.25, 0.3) is 0 Å². The summed E-state index contributed by atoms with van der Waals surface area (Å²) in [5.41, 5.74) is 2.63. The fourth-order valence-corrected chi connectivity index (χ4v) is 3.87. The Bertz CT molecular complexity index is 882. The molecule has 1 saturated heterocycles. The van der Waals surface area contributed by atoms with Crippen LogP contribution in [0.15, 0.2) is 53.7 Å². The molecule has 2 aromatic rings. The molecular weight excluding hydrogens is 359 g/mol. The first kappa shape index (κ1) is 18.5. The quantitative estimate of drug-likeness (QED) is 0.795. The van der Waals surface area contributed by atoms with Crippen molar-refractivity contribution in [3.05, 3.63) is 65.5 Å². The number of ether oxygens (including phenoxy) is 1. The second-order valence-electron chi connectivity index (χ2n) is 7.27. The van der Waals surface area contributed by atoms with Gasteiger partial charge in [-0.3, -0.25) is 4.79 Å². The summed E-state index contributed by atoms with van der Waals surface area (Å²) in [6, 6.07) is 14.6. The van der Waals surface area contributed by atoms with Crippen LogP contribution in [0.1, 0.15) is 29.9 Å². The van der Waals surface area contributed by atoms with E-state index in [0.717, 1.165) is 23.4 Å². The number of hydrogen-bond donors (Lipinski definition) is 0. The number of hydrogen-bond acceptors (Lipinski definition) is 4. The highest BCUT2D eigenvalue weighted by Gasteiger charge is 2.36. The number of halogens is 1. The van der Waals surface area contributed by atoms with Gasteiger partial charge in [0.1, 0.15) is 11.6 Å². The van der Waals surface area contributed by atoms with Gasteiger partial charge in [0.2, 0.25) is 6.10 Å². The summed E-state index contributed by atoms with van der Waals surface area (Å²) in [5, 5.41) is 4.12. The van der Waals surface area contributed by atoms with Gasteiger partial charge >= 0.3 is 0 Å². The lowest BCUT2D eigenvalue weighted by Crippen LogP contribution is -2.37. The van der Waals surface area contributed by atoms with Gasteiger partial charge in [0.05, 0.1) is 12.8 Å². The molecule has 0 radical (unpaired) electrons. The summed E-state index contributed by atoms with van der Waals surface area (Å²) in [6.07, 6.45) is 1.32. The van der Waals surface area contributed by atoms with Crippen LogP contribution in [-0.4, -0.2) is 42.8 Å². The van der Waals surface area contributed by atoms with Gasteiger partial charge in [0.15, 0.2) is 0 Å². The van der Waals surface area contributed by atoms with Crippen LogP contribution in [-0.2, 0) is 16.1 Å². The lowest BCUT2D eigenvalue weighted by molar-refractivity contribution is -0.141. The standard InChI is InChI=1S/C22H23FN2O3/c1-27-18-8-6-15(7-9-18)12-17-13-21(28-24-17)22(26)25-11-10-16(14-25)19-4-2-3-5-20(19)23/h2-9,16,21H,10-14H2,1H3/t16-,21-/m0/s1. The number of oxime groups is 1. The Morgan fingerprint density at radius 3 is 2.79 bits per heavy atom. The van der Waals surface area contributed by atoms with E-state index in [9.17, 15) is 9.18 Å². The maximum Gasteiger partial charge on any atom is 0.266 e. The number of amides is 1. The van der Waals surface area contributed by atoms with Gasteiger partial charge in [0.25, 0.3) is 5.91 Å². The normalized spacial score (nSPS) is 21.4. The zero-order valence-electron chi connectivity index (χ0n) is 15.8. The Balaban J connectivity index is 1.32. The first-order chi connectivity index (χ1) is 13.6. The predicted octanol–water partition coefficient (Wildman–Crippen LogP) is 3.54. The SMILES string of the molecule is COc1ccc(CC2=NO[C@H](C(=O)N3CC[C@H](c4ccccc4F)C3)C2)cc1. The molecule has 1 amide bonds. The van der Waals surface area contributed by atoms with Crippen molar-refractivity contribution < 1.29 is 18.8 Å². The molecule has 0 N–H and O–H groups in total. The highest BCUT2D eigenvalue weighted by atomic mass is 19.1. The molecule has 2 aliphatic rings. The van der Waals surface area contributed by atoms with Gasteiger partial charge < -0.3 is 14.5 Å². The van der Waals surface area contributed by atoms with Crippen molar-refractivity contribution >= 4 is 11.6 Å². The van der Waals surface area contributed by atoms with Gasteiger partial charge in [-0.1, -0.05) is 35.5 Å². The Morgan fingerprint density at radius 2 is 2.04 bits per heavy atom. The van der Waals surface area contributed by atoms with Crippen molar-refractivity contribution in [2.75, 3.05) is 20.2 Å². The molecule has 2 atom stereocenters. The summed E-state index contributed by atoms with van der Waals surface area (Å²) >= 11 is 0. The van der Waals surface area contributed by atoms with Crippen LogP contribution in [0, 0.1) is 5.82 Å². The average molecular weight is 382 g/mol. The molecule has 1 fully saturated rings. The maximum absolute atomic E-state index is 14.0. The van der Waals surface area contributed by atoms with E-state index in [1.165, 1.54) is 6.07 Å². The minimum absolute atomic E-state index is 0.0336. The minimum atomic E-state index is -0.576. The minimum Gasteiger partial charge on any atom is -0.497 e. The first-order valence-electron chi connectivity index (χ1n) is 9.51. The highest BCUT2D eigenvalue weighted by Crippen LogP contribution is 2.30. The van der Waals surface area contributed by atoms with E-state index in [4.69, 9.17) is 9.57 Å². The van der Waals surface area contributed by atoms with E-state index < -0.39 is 6.10 Å². The third-order valence-electron chi connectivity index (χ3n) is 5.42. The molecule has 0 unspecified atom stereocenters. The molecule has 0 spiro atoms. The molecule has 5 nitrogen and oxygen atoms in total. The van der Waals surface area contributed by atoms with Crippen molar-refractivity contribution in [3.63, 3.8) is 0 Å². The molecule has 28 heavy (non-hydrogen) atoms. The maximum atomic E-state index is 14.0. The molecule has 6 heteroatoms. The van der Waals surface area contributed by atoms with Crippen LogP contribution in [0.3, 0.4) is 0 Å². The van der Waals surface area contributed by atoms with Crippen molar-refractivity contribution in [1.82, 2.24) is 4.90 Å². The van der Waals surface area contributed by atoms with Crippen LogP contribution in [0.5, 0.6) is 5.75 Å². The summed E-state index contributed by atoms with van der Waals surface area (Å²) in [4.78, 5) is 20.0. The number of methoxy groups -OCH3 is 1. The second-order valence-corrected chi connectivity index (χ2v) is 7.27. The van der Waals surface area contributed by atoms with Crippen molar-refractivity contribution in [2.45, 2.75) is 31.3 Å². The molecule has 2 heterocycles. The fraction of sp³-hybridized carbons (Fsp3) is 0.364. The summed E-state index contributed by atoms with van der Waals surface area (Å²) in [5.74, 6) is 0.572. The van der Waals surface area contributed by atoms with E-state index in [1.54, 1.807) is 24.1 Å². The van der Waals surface area contributed by atoms with Crippen LogP contribution in [0.2, 0.25) is 0 Å². The third-order valence-corrected chi connectivity index (χ3v) is 5.42. The van der Waals surface area contributed by atoms with Crippen molar-refractivity contribution in [2.24, 2.45) is 5.16 Å². The van der Waals surface area contributed by atoms with Crippen LogP contribution in [0.4, 0.5) is 4.39 Å². The Morgan fingerprint density at radius 1 is 1.25 bits per heavy atom. The second kappa shape index (κ2) is 8.00. The Hall–Kier alpha value is -2.89. The molecule has 0 saturated carbocycles. The van der Waals surface area contributed by atoms with Crippen LogP contribution >= 0.6 is 0 Å². The number of benzene rings is 2. The number of rotatable bonds is 5. The van der Waals surface area contributed by atoms with Gasteiger partial charge in [-0.2, -0.15) is 0 Å². The zero-order valence-corrected chi connectivity index (χ0v) is 15.8. The summed E-state index contributed by atoms with van der Waals surface area (Å²) in [7, 11) is 1.63. The van der Waals surface area contributed by atoms with Gasteiger partial charge in [-0.05, 0) is 35.7 Å². The number of carbonyl (C=O) groups is 1. The molecule has 0 aliphatic carbocycles. The smallest absolute Gasteiger partial charge is 0.266 e. The Kier molecular flexibility index (Phi) is 5.28. The van der Waals surface area contributed by atoms with E-state index in [2.05, 4.69) is 5.16 Å². The molecule has 146 valence electrons. The molecule has 0 aromatic heterocycles. The molecule has 2 aromatic carbocycles. The van der Waals surface area contributed by atoms with Crippen LogP contribution < -0.4 is 4.74 Å². The third kappa shape index (κ3) is 3.86. The molecular formula is C22H23FN2O3. The topological polar surface area (TPSA) is 51.1 Å². The number of likely N-dealkylation sites (tertiary alicyclic amines) is 1. The largest absolute Gasteiger partial charge is 0.497 e. The van der Waals surface area contributed by atoms with Crippen molar-refractivity contribution in [3.8, 4) is 5.75 Å². The average Bonchev–Trinajstić information content (AvgIpc) is 3.38. The molecule has 4 rings (SSSR count).